The second-order valence-electron chi connectivity index (χ2n) is 10.4. The molecule has 1 N–H and O–H groups in total. The summed E-state index contributed by atoms with van der Waals surface area (Å²) in [5.74, 6) is -0.0790. The molecule has 5 rings (SSSR count). The van der Waals surface area contributed by atoms with Crippen LogP contribution in [0.5, 0.6) is 5.75 Å². The number of hydrogen-bond donors (Lipinski definition) is 1. The molecule has 206 valence electrons. The highest BCUT2D eigenvalue weighted by atomic mass is 16.5. The van der Waals surface area contributed by atoms with Crippen molar-refractivity contribution in [2.24, 2.45) is 0 Å². The first-order valence-corrected chi connectivity index (χ1v) is 14.0. The summed E-state index contributed by atoms with van der Waals surface area (Å²) in [4.78, 5) is 15.6. The second kappa shape index (κ2) is 13.6. The Labute approximate surface area is 242 Å². The molecule has 5 aromatic rings. The van der Waals surface area contributed by atoms with Gasteiger partial charge in [-0.15, -0.1) is 0 Å². The van der Waals surface area contributed by atoms with Crippen LogP contribution in [0, 0.1) is 0 Å². The van der Waals surface area contributed by atoms with E-state index in [-0.39, 0.29) is 0 Å². The molecule has 5 aromatic carbocycles. The fraction of sp³-hybridized carbons (Fsp3) is 0.162. The van der Waals surface area contributed by atoms with Gasteiger partial charge in [0, 0.05) is 25.9 Å². The van der Waals surface area contributed by atoms with Gasteiger partial charge in [-0.05, 0) is 39.9 Å². The van der Waals surface area contributed by atoms with Crippen molar-refractivity contribution in [1.29, 1.82) is 0 Å². The zero-order chi connectivity index (χ0) is 28.3. The first-order valence-electron chi connectivity index (χ1n) is 14.0. The van der Waals surface area contributed by atoms with Crippen LogP contribution >= 0.6 is 0 Å². The molecule has 0 aromatic heterocycles. The lowest BCUT2D eigenvalue weighted by Crippen LogP contribution is -2.57. The molecule has 1 atom stereocenters. The highest BCUT2D eigenvalue weighted by molar-refractivity contribution is 5.80. The lowest BCUT2D eigenvalue weighted by Gasteiger charge is -2.41. The zero-order valence-electron chi connectivity index (χ0n) is 23.1. The van der Waals surface area contributed by atoms with E-state index in [1.54, 1.807) is 0 Å². The van der Waals surface area contributed by atoms with Gasteiger partial charge in [0.25, 0.3) is 0 Å². The van der Waals surface area contributed by atoms with E-state index in [1.165, 1.54) is 0 Å². The second-order valence-corrected chi connectivity index (χ2v) is 10.4. The minimum atomic E-state index is -1.19. The number of benzene rings is 5. The summed E-state index contributed by atoms with van der Waals surface area (Å²) in [6.45, 7) is 1.50. The van der Waals surface area contributed by atoms with Gasteiger partial charge in [0.2, 0.25) is 0 Å². The Morgan fingerprint density at radius 2 is 0.927 bits per heavy atom. The van der Waals surface area contributed by atoms with Crippen LogP contribution in [0.2, 0.25) is 0 Å². The van der Waals surface area contributed by atoms with E-state index in [9.17, 15) is 9.90 Å². The monoisotopic (exact) mass is 541 g/mol. The van der Waals surface area contributed by atoms with Gasteiger partial charge in [0.05, 0.1) is 0 Å². The minimum Gasteiger partial charge on any atom is -0.489 e. The normalized spacial score (nSPS) is 12.5. The topological polar surface area (TPSA) is 49.8 Å². The van der Waals surface area contributed by atoms with Gasteiger partial charge in [-0.1, -0.05) is 133 Å². The SMILES string of the molecule is O=C(O)[C@](Cc1ccccc1)(Cc1ccc(OCc2ccccc2)cc1)N(Cc1ccccc1)Cc1ccccc1. The van der Waals surface area contributed by atoms with Gasteiger partial charge in [0.15, 0.2) is 0 Å². The molecular weight excluding hydrogens is 506 g/mol. The summed E-state index contributed by atoms with van der Waals surface area (Å²) >= 11 is 0. The number of aliphatic carboxylic acids is 1. The quantitative estimate of drug-likeness (QED) is 0.167. The summed E-state index contributed by atoms with van der Waals surface area (Å²) in [5.41, 5.74) is 3.99. The van der Waals surface area contributed by atoms with Crippen LogP contribution in [0.3, 0.4) is 0 Å². The molecule has 0 saturated heterocycles. The maximum absolute atomic E-state index is 13.5. The number of hydrogen-bond acceptors (Lipinski definition) is 3. The Balaban J connectivity index is 1.49. The van der Waals surface area contributed by atoms with Gasteiger partial charge >= 0.3 is 5.97 Å². The minimum absolute atomic E-state index is 0.343. The maximum Gasteiger partial charge on any atom is 0.324 e. The largest absolute Gasteiger partial charge is 0.489 e. The first-order chi connectivity index (χ1) is 20.1. The molecule has 0 aliphatic carbocycles. The van der Waals surface area contributed by atoms with Crippen LogP contribution < -0.4 is 4.74 Å². The average molecular weight is 542 g/mol. The third-order valence-corrected chi connectivity index (χ3v) is 7.44. The molecule has 0 amide bonds. The van der Waals surface area contributed by atoms with Crippen molar-refractivity contribution < 1.29 is 14.6 Å². The van der Waals surface area contributed by atoms with Gasteiger partial charge in [-0.2, -0.15) is 0 Å². The van der Waals surface area contributed by atoms with E-state index in [0.717, 1.165) is 33.6 Å². The molecule has 0 fully saturated rings. The fourth-order valence-corrected chi connectivity index (χ4v) is 5.25. The zero-order valence-corrected chi connectivity index (χ0v) is 23.1. The molecule has 0 heterocycles. The summed E-state index contributed by atoms with van der Waals surface area (Å²) in [6.07, 6.45) is 0.713. The standard InChI is InChI=1S/C37H35NO3/c39-36(40)37(25-30-13-5-1-6-14-30,26-31-21-23-35(24-22-31)41-29-34-19-11-4-12-20-34)38(27-32-15-7-2-8-16-32)28-33-17-9-3-10-18-33/h1-24H,25-29H2,(H,39,40)/t37-/m0/s1. The van der Waals surface area contributed by atoms with Gasteiger partial charge in [-0.25, -0.2) is 0 Å². The van der Waals surface area contributed by atoms with E-state index in [4.69, 9.17) is 4.74 Å². The fourth-order valence-electron chi connectivity index (χ4n) is 5.25. The first kappa shape index (κ1) is 27.9. The summed E-state index contributed by atoms with van der Waals surface area (Å²) in [5, 5.41) is 11.1. The Morgan fingerprint density at radius 1 is 0.537 bits per heavy atom. The summed E-state index contributed by atoms with van der Waals surface area (Å²) in [6, 6.07) is 48.1. The smallest absolute Gasteiger partial charge is 0.324 e. The van der Waals surface area contributed by atoms with Crippen LogP contribution in [-0.2, 0) is 37.3 Å². The van der Waals surface area contributed by atoms with Crippen molar-refractivity contribution >= 4 is 5.97 Å². The van der Waals surface area contributed by atoms with Gasteiger partial charge in [-0.3, -0.25) is 9.69 Å². The Bertz CT molecular complexity index is 1450. The highest BCUT2D eigenvalue weighted by Gasteiger charge is 2.44. The van der Waals surface area contributed by atoms with E-state index in [0.29, 0.717) is 32.5 Å². The maximum atomic E-state index is 13.5. The van der Waals surface area contributed by atoms with Crippen LogP contribution in [0.4, 0.5) is 0 Å². The summed E-state index contributed by atoms with van der Waals surface area (Å²) in [7, 11) is 0. The molecule has 0 radical (unpaired) electrons. The molecule has 4 nitrogen and oxygen atoms in total. The van der Waals surface area contributed by atoms with Crippen molar-refractivity contribution in [1.82, 2.24) is 4.90 Å². The molecule has 0 aliphatic heterocycles. The Hall–Kier alpha value is -4.67. The van der Waals surface area contributed by atoms with E-state index >= 15 is 0 Å². The number of carbonyl (C=O) groups is 1. The van der Waals surface area contributed by atoms with Crippen molar-refractivity contribution in [2.45, 2.75) is 38.1 Å². The van der Waals surface area contributed by atoms with Crippen molar-refractivity contribution in [3.8, 4) is 5.75 Å². The number of ether oxygens (including phenoxy) is 1. The Morgan fingerprint density at radius 3 is 1.37 bits per heavy atom. The third-order valence-electron chi connectivity index (χ3n) is 7.44. The highest BCUT2D eigenvalue weighted by Crippen LogP contribution is 2.31. The lowest BCUT2D eigenvalue weighted by molar-refractivity contribution is -0.153. The number of carboxylic acids is 1. The predicted molar refractivity (Wildman–Crippen MR) is 164 cm³/mol. The van der Waals surface area contributed by atoms with Gasteiger partial charge < -0.3 is 9.84 Å². The van der Waals surface area contributed by atoms with Crippen molar-refractivity contribution in [3.63, 3.8) is 0 Å². The molecule has 0 saturated carbocycles. The molecule has 41 heavy (non-hydrogen) atoms. The van der Waals surface area contributed by atoms with E-state index < -0.39 is 11.5 Å². The van der Waals surface area contributed by atoms with Crippen LogP contribution in [0.15, 0.2) is 146 Å². The van der Waals surface area contributed by atoms with Gasteiger partial charge in [0.1, 0.15) is 17.9 Å². The molecule has 4 heteroatoms. The molecule has 0 aliphatic rings. The Kier molecular flexibility index (Phi) is 9.25. The van der Waals surface area contributed by atoms with E-state index in [2.05, 4.69) is 29.2 Å². The molecular formula is C37H35NO3. The number of carboxylic acid groups (broad SMARTS) is 1. The molecule has 0 spiro atoms. The van der Waals surface area contributed by atoms with Crippen LogP contribution in [-0.4, -0.2) is 21.5 Å². The molecule has 0 unspecified atom stereocenters. The van der Waals surface area contributed by atoms with E-state index in [1.807, 2.05) is 121 Å². The average Bonchev–Trinajstić information content (AvgIpc) is 3.02. The third kappa shape index (κ3) is 7.50. The van der Waals surface area contributed by atoms with Crippen LogP contribution in [0.1, 0.15) is 27.8 Å². The van der Waals surface area contributed by atoms with Crippen molar-refractivity contribution in [2.75, 3.05) is 0 Å². The predicted octanol–water partition coefficient (Wildman–Crippen LogP) is 7.58. The lowest BCUT2D eigenvalue weighted by atomic mass is 9.82. The van der Waals surface area contributed by atoms with Crippen LogP contribution in [0.25, 0.3) is 0 Å². The van der Waals surface area contributed by atoms with Crippen molar-refractivity contribution in [3.05, 3.63) is 173 Å². The number of nitrogens with zero attached hydrogens (tertiary/aromatic N) is 1. The summed E-state index contributed by atoms with van der Waals surface area (Å²) < 4.78 is 6.00. The molecule has 0 bridgehead atoms. The number of rotatable bonds is 13.